The van der Waals surface area contributed by atoms with Crippen LogP contribution in [-0.4, -0.2) is 32.1 Å². The number of carbonyl (C=O) groups is 1. The molecule has 2 N–H and O–H groups in total. The summed E-state index contributed by atoms with van der Waals surface area (Å²) >= 11 is 0. The maximum Gasteiger partial charge on any atom is 0.315 e. The number of carboxylic acid groups (broad SMARTS) is 1. The maximum absolute atomic E-state index is 11.3. The lowest BCUT2D eigenvalue weighted by molar-refractivity contribution is -0.153. The molecule has 1 aromatic rings. The first-order valence-electron chi connectivity index (χ1n) is 4.88. The van der Waals surface area contributed by atoms with E-state index in [2.05, 4.69) is 5.10 Å². The lowest BCUT2D eigenvalue weighted by atomic mass is 9.64. The SMILES string of the molecule is Cc1cnn(C)c1C1(C(=O)O)CC(O)C1. The lowest BCUT2D eigenvalue weighted by Crippen LogP contribution is -2.52. The molecule has 15 heavy (non-hydrogen) atoms. The monoisotopic (exact) mass is 210 g/mol. The van der Waals surface area contributed by atoms with E-state index in [9.17, 15) is 15.0 Å². The number of hydrogen-bond acceptors (Lipinski definition) is 3. The van der Waals surface area contributed by atoms with Crippen LogP contribution in [0.1, 0.15) is 24.1 Å². The number of aromatic nitrogens is 2. The van der Waals surface area contributed by atoms with E-state index >= 15 is 0 Å². The molecule has 0 bridgehead atoms. The van der Waals surface area contributed by atoms with Crippen LogP contribution >= 0.6 is 0 Å². The van der Waals surface area contributed by atoms with Gasteiger partial charge in [-0.25, -0.2) is 0 Å². The second-order valence-electron chi connectivity index (χ2n) is 4.25. The van der Waals surface area contributed by atoms with Crippen LogP contribution in [-0.2, 0) is 17.3 Å². The Balaban J connectivity index is 2.47. The summed E-state index contributed by atoms with van der Waals surface area (Å²) in [7, 11) is 1.73. The van der Waals surface area contributed by atoms with Crippen molar-refractivity contribution in [3.05, 3.63) is 17.5 Å². The van der Waals surface area contributed by atoms with E-state index < -0.39 is 17.5 Å². The van der Waals surface area contributed by atoms with Crippen LogP contribution in [0.4, 0.5) is 0 Å². The minimum Gasteiger partial charge on any atom is -0.481 e. The first-order chi connectivity index (χ1) is 6.97. The minimum atomic E-state index is -0.936. The summed E-state index contributed by atoms with van der Waals surface area (Å²) in [5.41, 5.74) is 0.640. The molecular formula is C10H14N2O3. The fraction of sp³-hybridized carbons (Fsp3) is 0.600. The van der Waals surface area contributed by atoms with E-state index in [1.165, 1.54) is 0 Å². The molecule has 0 spiro atoms. The van der Waals surface area contributed by atoms with Crippen LogP contribution in [0.3, 0.4) is 0 Å². The van der Waals surface area contributed by atoms with Crippen molar-refractivity contribution in [1.29, 1.82) is 0 Å². The zero-order chi connectivity index (χ0) is 11.2. The van der Waals surface area contributed by atoms with Crippen LogP contribution in [0.25, 0.3) is 0 Å². The second-order valence-corrected chi connectivity index (χ2v) is 4.25. The second kappa shape index (κ2) is 3.06. The van der Waals surface area contributed by atoms with Gasteiger partial charge in [-0.1, -0.05) is 0 Å². The summed E-state index contributed by atoms with van der Waals surface area (Å²) < 4.78 is 1.59. The van der Waals surface area contributed by atoms with Gasteiger partial charge in [0.25, 0.3) is 0 Å². The molecule has 1 heterocycles. The number of rotatable bonds is 2. The third-order valence-electron chi connectivity index (χ3n) is 3.15. The summed E-state index contributed by atoms with van der Waals surface area (Å²) in [6.07, 6.45) is 1.71. The van der Waals surface area contributed by atoms with Crippen molar-refractivity contribution >= 4 is 5.97 Å². The number of aliphatic hydroxyl groups excluding tert-OH is 1. The number of hydrogen-bond donors (Lipinski definition) is 2. The standard InChI is InChI=1S/C10H14N2O3/c1-6-5-11-12(2)8(6)10(9(14)15)3-7(13)4-10/h5,7,13H,3-4H2,1-2H3,(H,14,15). The molecule has 0 saturated heterocycles. The number of aliphatic hydroxyl groups is 1. The fourth-order valence-electron chi connectivity index (χ4n) is 2.45. The Hall–Kier alpha value is -1.36. The third kappa shape index (κ3) is 1.26. The van der Waals surface area contributed by atoms with Gasteiger partial charge in [-0.15, -0.1) is 0 Å². The van der Waals surface area contributed by atoms with Crippen molar-refractivity contribution in [3.8, 4) is 0 Å². The van der Waals surface area contributed by atoms with Gasteiger partial charge in [0.15, 0.2) is 0 Å². The van der Waals surface area contributed by atoms with Gasteiger partial charge in [0.2, 0.25) is 0 Å². The van der Waals surface area contributed by atoms with E-state index in [1.807, 2.05) is 6.92 Å². The Kier molecular flexibility index (Phi) is 2.08. The Morgan fingerprint density at radius 1 is 1.67 bits per heavy atom. The Bertz CT molecular complexity index is 385. The van der Waals surface area contributed by atoms with Gasteiger partial charge in [0.05, 0.1) is 18.0 Å². The summed E-state index contributed by atoms with van der Waals surface area (Å²) in [5.74, 6) is -0.875. The summed E-state index contributed by atoms with van der Waals surface area (Å²) in [5, 5.41) is 22.6. The zero-order valence-corrected chi connectivity index (χ0v) is 8.77. The van der Waals surface area contributed by atoms with Crippen LogP contribution in [0.5, 0.6) is 0 Å². The average Bonchev–Trinajstić information content (AvgIpc) is 2.41. The zero-order valence-electron chi connectivity index (χ0n) is 8.77. The van der Waals surface area contributed by atoms with Crippen molar-refractivity contribution in [3.63, 3.8) is 0 Å². The predicted octanol–water partition coefficient (Wildman–Crippen LogP) is 0.206. The highest BCUT2D eigenvalue weighted by atomic mass is 16.4. The Morgan fingerprint density at radius 3 is 2.60 bits per heavy atom. The van der Waals surface area contributed by atoms with Crippen molar-refractivity contribution in [2.24, 2.45) is 7.05 Å². The molecule has 2 rings (SSSR count). The molecule has 1 aromatic heterocycles. The molecule has 0 atom stereocenters. The van der Waals surface area contributed by atoms with E-state index in [0.717, 1.165) is 5.56 Å². The van der Waals surface area contributed by atoms with Crippen molar-refractivity contribution in [2.45, 2.75) is 31.3 Å². The molecule has 0 aliphatic heterocycles. The normalized spacial score (nSPS) is 29.9. The van der Waals surface area contributed by atoms with Crippen LogP contribution in [0.15, 0.2) is 6.20 Å². The number of aliphatic carboxylic acids is 1. The number of nitrogens with zero attached hydrogens (tertiary/aromatic N) is 2. The largest absolute Gasteiger partial charge is 0.481 e. The van der Waals surface area contributed by atoms with Crippen molar-refractivity contribution < 1.29 is 15.0 Å². The van der Waals surface area contributed by atoms with Crippen molar-refractivity contribution in [2.75, 3.05) is 0 Å². The molecule has 1 fully saturated rings. The molecule has 0 radical (unpaired) electrons. The Morgan fingerprint density at radius 2 is 2.27 bits per heavy atom. The van der Waals surface area contributed by atoms with Crippen LogP contribution < -0.4 is 0 Å². The van der Waals surface area contributed by atoms with Gasteiger partial charge in [0.1, 0.15) is 5.41 Å². The molecule has 5 nitrogen and oxygen atoms in total. The summed E-state index contributed by atoms with van der Waals surface area (Å²) in [6, 6.07) is 0. The van der Waals surface area contributed by atoms with Crippen molar-refractivity contribution in [1.82, 2.24) is 9.78 Å². The molecule has 82 valence electrons. The first-order valence-corrected chi connectivity index (χ1v) is 4.88. The van der Waals surface area contributed by atoms with Crippen LogP contribution in [0.2, 0.25) is 0 Å². The van der Waals surface area contributed by atoms with E-state index in [-0.39, 0.29) is 12.8 Å². The quantitative estimate of drug-likeness (QED) is 0.731. The number of aryl methyl sites for hydroxylation is 2. The van der Waals surface area contributed by atoms with Gasteiger partial charge in [0, 0.05) is 7.05 Å². The third-order valence-corrected chi connectivity index (χ3v) is 3.15. The van der Waals surface area contributed by atoms with Gasteiger partial charge >= 0.3 is 5.97 Å². The van der Waals surface area contributed by atoms with E-state index in [4.69, 9.17) is 0 Å². The number of carboxylic acids is 1. The molecule has 5 heteroatoms. The maximum atomic E-state index is 11.3. The van der Waals surface area contributed by atoms with Gasteiger partial charge in [-0.05, 0) is 25.3 Å². The average molecular weight is 210 g/mol. The molecule has 1 aliphatic carbocycles. The minimum absolute atomic E-state index is 0.280. The van der Waals surface area contributed by atoms with E-state index in [1.54, 1.807) is 17.9 Å². The topological polar surface area (TPSA) is 75.4 Å². The molecule has 0 aromatic carbocycles. The summed E-state index contributed by atoms with van der Waals surface area (Å²) in [6.45, 7) is 1.84. The molecular weight excluding hydrogens is 196 g/mol. The van der Waals surface area contributed by atoms with E-state index in [0.29, 0.717) is 5.69 Å². The van der Waals surface area contributed by atoms with Crippen LogP contribution in [0, 0.1) is 6.92 Å². The molecule has 0 unspecified atom stereocenters. The first kappa shape index (κ1) is 10.2. The molecule has 1 saturated carbocycles. The highest BCUT2D eigenvalue weighted by Crippen LogP contribution is 2.45. The Labute approximate surface area is 87.3 Å². The van der Waals surface area contributed by atoms with Gasteiger partial charge in [-0.2, -0.15) is 5.10 Å². The van der Waals surface area contributed by atoms with Gasteiger partial charge in [-0.3, -0.25) is 9.48 Å². The molecule has 1 aliphatic rings. The molecule has 0 amide bonds. The lowest BCUT2D eigenvalue weighted by Gasteiger charge is -2.42. The smallest absolute Gasteiger partial charge is 0.315 e. The summed E-state index contributed by atoms with van der Waals surface area (Å²) in [4.78, 5) is 11.3. The highest BCUT2D eigenvalue weighted by Gasteiger charge is 2.53. The van der Waals surface area contributed by atoms with Gasteiger partial charge < -0.3 is 10.2 Å². The predicted molar refractivity (Wildman–Crippen MR) is 52.5 cm³/mol. The highest BCUT2D eigenvalue weighted by molar-refractivity contribution is 5.82. The fourth-order valence-corrected chi connectivity index (χ4v) is 2.45.